The van der Waals surface area contributed by atoms with Gasteiger partial charge in [0, 0.05) is 17.6 Å². The number of benzene rings is 2. The van der Waals surface area contributed by atoms with Crippen molar-refractivity contribution in [3.05, 3.63) is 58.6 Å². The lowest BCUT2D eigenvalue weighted by Gasteiger charge is -2.15. The van der Waals surface area contributed by atoms with Gasteiger partial charge in [0.05, 0.1) is 7.11 Å². The minimum atomic E-state index is 0.469. The molecule has 1 saturated carbocycles. The first-order valence-corrected chi connectivity index (χ1v) is 8.90. The highest BCUT2D eigenvalue weighted by Crippen LogP contribution is 2.29. The number of ether oxygens (including phenoxy) is 2. The van der Waals surface area contributed by atoms with Crippen LogP contribution in [0.3, 0.4) is 0 Å². The molecule has 0 radical (unpaired) electrons. The summed E-state index contributed by atoms with van der Waals surface area (Å²) in [6.45, 7) is 1.34. The molecule has 3 rings (SSSR count). The van der Waals surface area contributed by atoms with Crippen LogP contribution >= 0.6 is 11.6 Å². The Morgan fingerprint density at radius 3 is 2.62 bits per heavy atom. The first-order valence-electron chi connectivity index (χ1n) is 8.52. The Morgan fingerprint density at radius 1 is 1.04 bits per heavy atom. The molecule has 0 unspecified atom stereocenters. The average molecular weight is 346 g/mol. The van der Waals surface area contributed by atoms with Crippen molar-refractivity contribution in [2.24, 2.45) is 0 Å². The Labute approximate surface area is 148 Å². The molecule has 24 heavy (non-hydrogen) atoms. The van der Waals surface area contributed by atoms with Gasteiger partial charge in [-0.15, -0.1) is 0 Å². The molecule has 0 atom stereocenters. The Balaban J connectivity index is 1.60. The fraction of sp³-hybridized carbons (Fsp3) is 0.400. The molecular weight excluding hydrogens is 322 g/mol. The first kappa shape index (κ1) is 17.1. The van der Waals surface area contributed by atoms with Gasteiger partial charge in [0.15, 0.2) is 11.5 Å². The zero-order valence-corrected chi connectivity index (χ0v) is 14.8. The molecular formula is C20H24ClNO2. The van der Waals surface area contributed by atoms with E-state index in [0.717, 1.165) is 28.6 Å². The van der Waals surface area contributed by atoms with E-state index in [1.807, 2.05) is 30.3 Å². The minimum Gasteiger partial charge on any atom is -0.493 e. The Hall–Kier alpha value is -1.71. The maximum Gasteiger partial charge on any atom is 0.161 e. The third-order valence-corrected chi connectivity index (χ3v) is 4.70. The van der Waals surface area contributed by atoms with Gasteiger partial charge in [-0.1, -0.05) is 42.6 Å². The van der Waals surface area contributed by atoms with Crippen LogP contribution in [0.15, 0.2) is 42.5 Å². The topological polar surface area (TPSA) is 30.5 Å². The smallest absolute Gasteiger partial charge is 0.161 e. The van der Waals surface area contributed by atoms with Crippen molar-refractivity contribution in [2.75, 3.05) is 7.11 Å². The monoisotopic (exact) mass is 345 g/mol. The van der Waals surface area contributed by atoms with E-state index < -0.39 is 0 Å². The van der Waals surface area contributed by atoms with Gasteiger partial charge < -0.3 is 14.8 Å². The lowest BCUT2D eigenvalue weighted by atomic mass is 10.1. The van der Waals surface area contributed by atoms with Crippen molar-refractivity contribution in [3.8, 4) is 11.5 Å². The van der Waals surface area contributed by atoms with E-state index in [9.17, 15) is 0 Å². The first-order chi connectivity index (χ1) is 11.7. The van der Waals surface area contributed by atoms with Crippen LogP contribution in [0, 0.1) is 0 Å². The molecule has 2 aromatic rings. The summed E-state index contributed by atoms with van der Waals surface area (Å²) >= 11 is 6.01. The molecule has 0 aliphatic heterocycles. The molecule has 0 heterocycles. The van der Waals surface area contributed by atoms with Crippen molar-refractivity contribution in [1.29, 1.82) is 0 Å². The van der Waals surface area contributed by atoms with E-state index in [2.05, 4.69) is 17.4 Å². The predicted octanol–water partition coefficient (Wildman–Crippen LogP) is 4.96. The summed E-state index contributed by atoms with van der Waals surface area (Å²) in [6.07, 6.45) is 5.27. The molecule has 0 saturated heterocycles. The lowest BCUT2D eigenvalue weighted by molar-refractivity contribution is 0.284. The van der Waals surface area contributed by atoms with Crippen molar-refractivity contribution in [2.45, 2.75) is 44.9 Å². The molecule has 128 valence electrons. The molecule has 1 aliphatic carbocycles. The summed E-state index contributed by atoms with van der Waals surface area (Å²) in [6, 6.07) is 14.5. The zero-order chi connectivity index (χ0) is 16.8. The summed E-state index contributed by atoms with van der Waals surface area (Å²) in [4.78, 5) is 0. The van der Waals surface area contributed by atoms with Crippen LogP contribution in [-0.2, 0) is 13.2 Å². The fourth-order valence-corrected chi connectivity index (χ4v) is 3.33. The van der Waals surface area contributed by atoms with Gasteiger partial charge in [-0.25, -0.2) is 0 Å². The van der Waals surface area contributed by atoms with Crippen LogP contribution in [0.4, 0.5) is 0 Å². The summed E-state index contributed by atoms with van der Waals surface area (Å²) in [5, 5.41) is 4.34. The van der Waals surface area contributed by atoms with Crippen LogP contribution in [0.25, 0.3) is 0 Å². The van der Waals surface area contributed by atoms with Gasteiger partial charge in [-0.05, 0) is 48.2 Å². The van der Waals surface area contributed by atoms with Crippen LogP contribution in [-0.4, -0.2) is 13.2 Å². The molecule has 3 nitrogen and oxygen atoms in total. The molecule has 0 amide bonds. The van der Waals surface area contributed by atoms with Crippen molar-refractivity contribution >= 4 is 11.6 Å². The molecule has 1 fully saturated rings. The van der Waals surface area contributed by atoms with Gasteiger partial charge in [0.25, 0.3) is 0 Å². The number of halogens is 1. The van der Waals surface area contributed by atoms with E-state index >= 15 is 0 Å². The Kier molecular flexibility index (Phi) is 6.00. The third kappa shape index (κ3) is 4.65. The van der Waals surface area contributed by atoms with Crippen molar-refractivity contribution < 1.29 is 9.47 Å². The third-order valence-electron chi connectivity index (χ3n) is 4.46. The van der Waals surface area contributed by atoms with Crippen LogP contribution in [0.2, 0.25) is 5.02 Å². The SMILES string of the molecule is COc1cc(CNC2CCCC2)ccc1OCc1cccc(Cl)c1. The van der Waals surface area contributed by atoms with Gasteiger partial charge in [0.2, 0.25) is 0 Å². The van der Waals surface area contributed by atoms with E-state index in [-0.39, 0.29) is 0 Å². The summed E-state index contributed by atoms with van der Waals surface area (Å²) in [5.41, 5.74) is 2.25. The van der Waals surface area contributed by atoms with Crippen LogP contribution in [0.1, 0.15) is 36.8 Å². The Morgan fingerprint density at radius 2 is 1.88 bits per heavy atom. The predicted molar refractivity (Wildman–Crippen MR) is 97.9 cm³/mol. The van der Waals surface area contributed by atoms with E-state index in [1.165, 1.54) is 31.2 Å². The number of nitrogens with one attached hydrogen (secondary N) is 1. The summed E-state index contributed by atoms with van der Waals surface area (Å²) in [5.74, 6) is 1.52. The number of hydrogen-bond donors (Lipinski definition) is 1. The maximum absolute atomic E-state index is 6.01. The summed E-state index contributed by atoms with van der Waals surface area (Å²) < 4.78 is 11.4. The van der Waals surface area contributed by atoms with Gasteiger partial charge >= 0.3 is 0 Å². The number of rotatable bonds is 7. The van der Waals surface area contributed by atoms with Gasteiger partial charge in [0.1, 0.15) is 6.61 Å². The quantitative estimate of drug-likeness (QED) is 0.769. The molecule has 4 heteroatoms. The molecule has 1 N–H and O–H groups in total. The normalized spacial score (nSPS) is 14.8. The molecule has 0 bridgehead atoms. The van der Waals surface area contributed by atoms with Crippen molar-refractivity contribution in [1.82, 2.24) is 5.32 Å². The van der Waals surface area contributed by atoms with Crippen LogP contribution < -0.4 is 14.8 Å². The highest BCUT2D eigenvalue weighted by atomic mass is 35.5. The van der Waals surface area contributed by atoms with Crippen LogP contribution in [0.5, 0.6) is 11.5 Å². The summed E-state index contributed by atoms with van der Waals surface area (Å²) in [7, 11) is 1.68. The lowest BCUT2D eigenvalue weighted by Crippen LogP contribution is -2.25. The molecule has 0 aromatic heterocycles. The molecule has 0 spiro atoms. The average Bonchev–Trinajstić information content (AvgIpc) is 3.12. The number of hydrogen-bond acceptors (Lipinski definition) is 3. The molecule has 2 aromatic carbocycles. The van der Waals surface area contributed by atoms with E-state index in [4.69, 9.17) is 21.1 Å². The second kappa shape index (κ2) is 8.41. The standard InChI is InChI=1S/C20H24ClNO2/c1-23-20-12-15(13-22-18-7-2-3-8-18)9-10-19(20)24-14-16-5-4-6-17(21)11-16/h4-6,9-12,18,22H,2-3,7-8,13-14H2,1H3. The second-order valence-corrected chi connectivity index (χ2v) is 6.70. The largest absolute Gasteiger partial charge is 0.493 e. The molecule has 1 aliphatic rings. The fourth-order valence-electron chi connectivity index (χ4n) is 3.12. The van der Waals surface area contributed by atoms with Gasteiger partial charge in [-0.3, -0.25) is 0 Å². The zero-order valence-electron chi connectivity index (χ0n) is 14.1. The minimum absolute atomic E-state index is 0.469. The second-order valence-electron chi connectivity index (χ2n) is 6.27. The van der Waals surface area contributed by atoms with E-state index in [1.54, 1.807) is 7.11 Å². The Bertz CT molecular complexity index is 668. The van der Waals surface area contributed by atoms with E-state index in [0.29, 0.717) is 12.6 Å². The van der Waals surface area contributed by atoms with Crippen molar-refractivity contribution in [3.63, 3.8) is 0 Å². The highest BCUT2D eigenvalue weighted by Gasteiger charge is 2.14. The maximum atomic E-state index is 6.01. The van der Waals surface area contributed by atoms with Gasteiger partial charge in [-0.2, -0.15) is 0 Å². The highest BCUT2D eigenvalue weighted by molar-refractivity contribution is 6.30. The number of methoxy groups -OCH3 is 1.